The fraction of sp³-hybridized carbons (Fsp3) is 0.444. The Morgan fingerprint density at radius 2 is 1.83 bits per heavy atom. The van der Waals surface area contributed by atoms with Gasteiger partial charge in [-0.05, 0) is 31.9 Å². The van der Waals surface area contributed by atoms with Crippen molar-refractivity contribution in [3.05, 3.63) is 28.6 Å². The van der Waals surface area contributed by atoms with Crippen molar-refractivity contribution in [1.29, 1.82) is 0 Å². The molecule has 1 heterocycles. The molecule has 0 radical (unpaired) electrons. The number of aromatic nitrogens is 1. The van der Waals surface area contributed by atoms with Crippen LogP contribution < -0.4 is 0 Å². The summed E-state index contributed by atoms with van der Waals surface area (Å²) < 4.78 is 24.9. The van der Waals surface area contributed by atoms with E-state index in [2.05, 4.69) is 4.98 Å². The van der Waals surface area contributed by atoms with Crippen molar-refractivity contribution < 1.29 is 8.78 Å². The molecule has 0 atom stereocenters. The standard InChI is InChI=1S/C9H11F2N/c1-5-4-12-7(3)6(2)8(5)9(10)11/h4,9H,1-3H3. The fourth-order valence-electron chi connectivity index (χ4n) is 1.19. The number of hydrogen-bond acceptors (Lipinski definition) is 1. The van der Waals surface area contributed by atoms with Gasteiger partial charge in [0, 0.05) is 17.5 Å². The first-order valence-electron chi connectivity index (χ1n) is 3.75. The van der Waals surface area contributed by atoms with Gasteiger partial charge in [0.15, 0.2) is 0 Å². The third-order valence-electron chi connectivity index (χ3n) is 2.04. The number of pyridine rings is 1. The van der Waals surface area contributed by atoms with Crippen LogP contribution in [0.3, 0.4) is 0 Å². The lowest BCUT2D eigenvalue weighted by molar-refractivity contribution is 0.149. The second-order valence-corrected chi connectivity index (χ2v) is 2.87. The summed E-state index contributed by atoms with van der Waals surface area (Å²) in [5.74, 6) is 0. The average molecular weight is 171 g/mol. The van der Waals surface area contributed by atoms with Crippen molar-refractivity contribution in [2.75, 3.05) is 0 Å². The lowest BCUT2D eigenvalue weighted by atomic mass is 10.0. The van der Waals surface area contributed by atoms with E-state index in [4.69, 9.17) is 0 Å². The SMILES string of the molecule is Cc1cnc(C)c(C)c1C(F)F. The zero-order valence-corrected chi connectivity index (χ0v) is 7.36. The molecule has 1 nitrogen and oxygen atoms in total. The number of rotatable bonds is 1. The predicted molar refractivity (Wildman–Crippen MR) is 43.4 cm³/mol. The van der Waals surface area contributed by atoms with Gasteiger partial charge < -0.3 is 0 Å². The molecule has 0 aliphatic heterocycles. The van der Waals surface area contributed by atoms with E-state index in [1.807, 2.05) is 0 Å². The number of aryl methyl sites for hydroxylation is 2. The van der Waals surface area contributed by atoms with E-state index < -0.39 is 6.43 Å². The van der Waals surface area contributed by atoms with Crippen LogP contribution >= 0.6 is 0 Å². The molecule has 0 bridgehead atoms. The van der Waals surface area contributed by atoms with Crippen molar-refractivity contribution in [2.24, 2.45) is 0 Å². The van der Waals surface area contributed by atoms with E-state index in [0.29, 0.717) is 16.8 Å². The Morgan fingerprint density at radius 3 is 2.25 bits per heavy atom. The molecule has 0 saturated carbocycles. The number of nitrogens with zero attached hydrogens (tertiary/aromatic N) is 1. The molecular formula is C9H11F2N. The van der Waals surface area contributed by atoms with Gasteiger partial charge in [0.1, 0.15) is 0 Å². The van der Waals surface area contributed by atoms with Gasteiger partial charge in [0.05, 0.1) is 0 Å². The number of hydrogen-bond donors (Lipinski definition) is 0. The molecule has 12 heavy (non-hydrogen) atoms. The van der Waals surface area contributed by atoms with Gasteiger partial charge in [0.25, 0.3) is 6.43 Å². The molecular weight excluding hydrogens is 160 g/mol. The maximum absolute atomic E-state index is 12.4. The van der Waals surface area contributed by atoms with Crippen molar-refractivity contribution in [2.45, 2.75) is 27.2 Å². The maximum atomic E-state index is 12.4. The van der Waals surface area contributed by atoms with Crippen LogP contribution in [0.2, 0.25) is 0 Å². The summed E-state index contributed by atoms with van der Waals surface area (Å²) in [6.45, 7) is 5.07. The summed E-state index contributed by atoms with van der Waals surface area (Å²) >= 11 is 0. The monoisotopic (exact) mass is 171 g/mol. The molecule has 0 unspecified atom stereocenters. The Balaban J connectivity index is 3.33. The highest BCUT2D eigenvalue weighted by Crippen LogP contribution is 2.26. The maximum Gasteiger partial charge on any atom is 0.264 e. The molecule has 0 saturated heterocycles. The molecule has 0 aromatic carbocycles. The second kappa shape index (κ2) is 3.17. The molecule has 1 aromatic heterocycles. The van der Waals surface area contributed by atoms with Crippen LogP contribution in [0.1, 0.15) is 28.8 Å². The third kappa shape index (κ3) is 1.44. The summed E-state index contributed by atoms with van der Waals surface area (Å²) in [4.78, 5) is 3.99. The highest BCUT2D eigenvalue weighted by Gasteiger charge is 2.14. The lowest BCUT2D eigenvalue weighted by Gasteiger charge is -2.09. The molecule has 0 amide bonds. The van der Waals surface area contributed by atoms with Crippen LogP contribution in [0.15, 0.2) is 6.20 Å². The quantitative estimate of drug-likeness (QED) is 0.633. The van der Waals surface area contributed by atoms with E-state index in [-0.39, 0.29) is 5.56 Å². The highest BCUT2D eigenvalue weighted by molar-refractivity contribution is 5.35. The zero-order valence-electron chi connectivity index (χ0n) is 7.36. The van der Waals surface area contributed by atoms with Crippen LogP contribution in [-0.2, 0) is 0 Å². The first kappa shape index (κ1) is 9.10. The number of halogens is 2. The summed E-state index contributed by atoms with van der Waals surface area (Å²) in [5, 5.41) is 0. The average Bonchev–Trinajstić information content (AvgIpc) is 1.97. The summed E-state index contributed by atoms with van der Waals surface area (Å²) in [5.41, 5.74) is 1.97. The second-order valence-electron chi connectivity index (χ2n) is 2.87. The minimum absolute atomic E-state index is 0.127. The first-order chi connectivity index (χ1) is 5.54. The molecule has 0 N–H and O–H groups in total. The van der Waals surface area contributed by atoms with Gasteiger partial charge in [-0.2, -0.15) is 0 Å². The summed E-state index contributed by atoms with van der Waals surface area (Å²) in [7, 11) is 0. The minimum Gasteiger partial charge on any atom is -0.261 e. The first-order valence-corrected chi connectivity index (χ1v) is 3.75. The molecule has 1 rings (SSSR count). The molecule has 3 heteroatoms. The van der Waals surface area contributed by atoms with E-state index in [1.54, 1.807) is 20.8 Å². The third-order valence-corrected chi connectivity index (χ3v) is 2.04. The summed E-state index contributed by atoms with van der Waals surface area (Å²) in [6.07, 6.45) is -0.907. The van der Waals surface area contributed by atoms with Gasteiger partial charge >= 0.3 is 0 Å². The van der Waals surface area contributed by atoms with Crippen LogP contribution in [0, 0.1) is 20.8 Å². The van der Waals surface area contributed by atoms with Crippen molar-refractivity contribution in [1.82, 2.24) is 4.98 Å². The number of alkyl halides is 2. The lowest BCUT2D eigenvalue weighted by Crippen LogP contribution is -1.98. The van der Waals surface area contributed by atoms with Gasteiger partial charge in [-0.15, -0.1) is 0 Å². The van der Waals surface area contributed by atoms with E-state index in [1.165, 1.54) is 6.20 Å². The van der Waals surface area contributed by atoms with Gasteiger partial charge in [-0.25, -0.2) is 8.78 Å². The van der Waals surface area contributed by atoms with E-state index in [0.717, 1.165) is 0 Å². The van der Waals surface area contributed by atoms with E-state index >= 15 is 0 Å². The highest BCUT2D eigenvalue weighted by atomic mass is 19.3. The topological polar surface area (TPSA) is 12.9 Å². The molecule has 1 aromatic rings. The Bertz CT molecular complexity index is 295. The molecule has 0 fully saturated rings. The molecule has 66 valence electrons. The fourth-order valence-corrected chi connectivity index (χ4v) is 1.19. The zero-order chi connectivity index (χ0) is 9.30. The Hall–Kier alpha value is -0.990. The van der Waals surface area contributed by atoms with Gasteiger partial charge in [-0.3, -0.25) is 4.98 Å². The van der Waals surface area contributed by atoms with Gasteiger partial charge in [0.2, 0.25) is 0 Å². The minimum atomic E-state index is -2.40. The largest absolute Gasteiger partial charge is 0.264 e. The molecule has 0 aliphatic rings. The Kier molecular flexibility index (Phi) is 2.40. The van der Waals surface area contributed by atoms with E-state index in [9.17, 15) is 8.78 Å². The Morgan fingerprint density at radius 1 is 1.25 bits per heavy atom. The molecule has 0 spiro atoms. The predicted octanol–water partition coefficient (Wildman–Crippen LogP) is 2.94. The molecule has 0 aliphatic carbocycles. The smallest absolute Gasteiger partial charge is 0.261 e. The van der Waals surface area contributed by atoms with Crippen molar-refractivity contribution >= 4 is 0 Å². The van der Waals surface area contributed by atoms with Crippen LogP contribution in [0.4, 0.5) is 8.78 Å². The van der Waals surface area contributed by atoms with Crippen LogP contribution in [0.25, 0.3) is 0 Å². The van der Waals surface area contributed by atoms with Crippen LogP contribution in [-0.4, -0.2) is 4.98 Å². The normalized spacial score (nSPS) is 10.8. The van der Waals surface area contributed by atoms with Gasteiger partial charge in [-0.1, -0.05) is 0 Å². The summed E-state index contributed by atoms with van der Waals surface area (Å²) in [6, 6.07) is 0. The van der Waals surface area contributed by atoms with Crippen molar-refractivity contribution in [3.63, 3.8) is 0 Å². The van der Waals surface area contributed by atoms with Crippen LogP contribution in [0.5, 0.6) is 0 Å². The van der Waals surface area contributed by atoms with Crippen molar-refractivity contribution in [3.8, 4) is 0 Å². The Labute approximate surface area is 70.4 Å².